The third kappa shape index (κ3) is 11.2. The summed E-state index contributed by atoms with van der Waals surface area (Å²) in [6.07, 6.45) is 18.7. The molecule has 2 bridgehead atoms. The molecule has 1 aliphatic carbocycles. The molecule has 3 heterocycles. The van der Waals surface area contributed by atoms with Gasteiger partial charge in [-0.3, -0.25) is 4.79 Å². The number of carbonyl (C=O) groups is 1. The minimum atomic E-state index is -0.868. The van der Waals surface area contributed by atoms with Gasteiger partial charge < -0.3 is 52.2 Å². The average molecular weight is 745 g/mol. The minimum absolute atomic E-state index is 0. The summed E-state index contributed by atoms with van der Waals surface area (Å²) in [5.74, 6) is 0.941. The molecule has 0 radical (unpaired) electrons. The van der Waals surface area contributed by atoms with E-state index in [2.05, 4.69) is 22.8 Å². The number of hydrogen-bond acceptors (Lipinski definition) is 6. The molecule has 5 N–H and O–H groups in total. The first-order valence-electron chi connectivity index (χ1n) is 19.1. The Bertz CT molecular complexity index is 1240. The Morgan fingerprint density at radius 2 is 1.55 bits per heavy atom. The molecule has 4 aliphatic rings. The number of ether oxygens (including phenoxy) is 1. The number of rotatable bonds is 22. The zero-order valence-electron chi connectivity index (χ0n) is 29.5. The summed E-state index contributed by atoms with van der Waals surface area (Å²) in [6.45, 7) is 6.77. The number of quaternary nitrogens is 1. The van der Waals surface area contributed by atoms with Crippen LogP contribution in [0.15, 0.2) is 48.5 Å². The van der Waals surface area contributed by atoms with E-state index in [0.29, 0.717) is 42.6 Å². The molecule has 274 valence electrons. The van der Waals surface area contributed by atoms with Gasteiger partial charge in [0.1, 0.15) is 24.0 Å². The highest BCUT2D eigenvalue weighted by Gasteiger charge is 2.48. The predicted molar refractivity (Wildman–Crippen MR) is 192 cm³/mol. The summed E-state index contributed by atoms with van der Waals surface area (Å²) in [7, 11) is 0. The normalized spacial score (nSPS) is 23.9. The number of unbranched alkanes of at least 4 members (excludes halogenated alkanes) is 8. The van der Waals surface area contributed by atoms with Crippen LogP contribution in [0.4, 0.5) is 5.69 Å². The molecule has 2 aromatic carbocycles. The van der Waals surface area contributed by atoms with Crippen molar-refractivity contribution in [3.63, 3.8) is 0 Å². The molecule has 4 fully saturated rings. The molecule has 9 heteroatoms. The molecule has 49 heavy (non-hydrogen) atoms. The van der Waals surface area contributed by atoms with Crippen molar-refractivity contribution in [1.29, 1.82) is 0 Å². The quantitative estimate of drug-likeness (QED) is 0.0544. The van der Waals surface area contributed by atoms with Crippen LogP contribution in [0.3, 0.4) is 0 Å². The van der Waals surface area contributed by atoms with E-state index in [-0.39, 0.29) is 28.8 Å². The standard InChI is InChI=1S/C40H61N3O5.BrH/c44-31-42-36-27-33(19-20-37(36)45)38(46)28-41-23-13-6-4-2-1-3-5-7-14-24-43-25-21-32(22-26-43)39(29-43)48-30-40(47,35-17-11-12-18-35)34-15-9-8-10-16-34;/h8-10,15-16,19-20,27,31-32,35,38-39,41,46-47H,1-7,11-14,17-18,21-26,28-30H2,(H-,42,44,45);1H/t32?,38-,39-,40+,43?;/m0./s1. The highest BCUT2D eigenvalue weighted by Crippen LogP contribution is 2.43. The van der Waals surface area contributed by atoms with Crippen molar-refractivity contribution in [2.24, 2.45) is 11.8 Å². The number of amides is 1. The maximum Gasteiger partial charge on any atom is 0.211 e. The topological polar surface area (TPSA) is 111 Å². The lowest BCUT2D eigenvalue weighted by Gasteiger charge is -2.53. The number of aliphatic hydroxyl groups is 2. The van der Waals surface area contributed by atoms with Crippen LogP contribution in [0.5, 0.6) is 5.75 Å². The number of phenols is 1. The second kappa shape index (κ2) is 20.1. The summed E-state index contributed by atoms with van der Waals surface area (Å²) in [4.78, 5) is 10.7. The van der Waals surface area contributed by atoms with Crippen molar-refractivity contribution in [3.05, 3.63) is 59.7 Å². The number of nitrogens with zero attached hydrogens (tertiary/aromatic N) is 1. The molecule has 1 saturated carbocycles. The van der Waals surface area contributed by atoms with E-state index in [1.807, 2.05) is 18.2 Å². The molecule has 2 aromatic rings. The molecule has 0 unspecified atom stereocenters. The number of fused-ring (bicyclic) bond motifs is 3. The number of nitrogens with one attached hydrogen (secondary N) is 2. The first-order valence-corrected chi connectivity index (χ1v) is 19.1. The van der Waals surface area contributed by atoms with Gasteiger partial charge in [0, 0.05) is 25.3 Å². The lowest BCUT2D eigenvalue weighted by atomic mass is 9.80. The first kappa shape index (κ1) is 39.8. The van der Waals surface area contributed by atoms with Gasteiger partial charge in [-0.05, 0) is 67.8 Å². The van der Waals surface area contributed by atoms with E-state index in [0.717, 1.165) is 37.9 Å². The summed E-state index contributed by atoms with van der Waals surface area (Å²) in [5, 5.41) is 38.0. The van der Waals surface area contributed by atoms with E-state index in [1.165, 1.54) is 107 Å². The molecule has 8 nitrogen and oxygen atoms in total. The van der Waals surface area contributed by atoms with Crippen molar-refractivity contribution < 1.29 is 46.3 Å². The summed E-state index contributed by atoms with van der Waals surface area (Å²) in [6, 6.07) is 15.1. The second-order valence-corrected chi connectivity index (χ2v) is 15.1. The first-order chi connectivity index (χ1) is 23.4. The molecular weight excluding hydrogens is 682 g/mol. The van der Waals surface area contributed by atoms with E-state index in [1.54, 1.807) is 12.1 Å². The minimum Gasteiger partial charge on any atom is -1.00 e. The number of anilines is 1. The third-order valence-electron chi connectivity index (χ3n) is 11.8. The Morgan fingerprint density at radius 3 is 2.22 bits per heavy atom. The summed E-state index contributed by atoms with van der Waals surface area (Å²) in [5.41, 5.74) is 1.13. The van der Waals surface area contributed by atoms with Gasteiger partial charge in [0.2, 0.25) is 6.41 Å². The number of carbonyl (C=O) groups excluding carboxylic acids is 1. The number of benzene rings is 2. The summed E-state index contributed by atoms with van der Waals surface area (Å²) < 4.78 is 7.96. The highest BCUT2D eigenvalue weighted by molar-refractivity contribution is 5.75. The fraction of sp³-hybridized carbons (Fsp3) is 0.675. The van der Waals surface area contributed by atoms with Crippen LogP contribution in [0.2, 0.25) is 0 Å². The molecule has 3 aliphatic heterocycles. The van der Waals surface area contributed by atoms with Gasteiger partial charge in [0.25, 0.3) is 0 Å². The largest absolute Gasteiger partial charge is 1.00 e. The van der Waals surface area contributed by atoms with Crippen LogP contribution >= 0.6 is 0 Å². The number of hydrogen-bond donors (Lipinski definition) is 5. The zero-order valence-corrected chi connectivity index (χ0v) is 31.1. The van der Waals surface area contributed by atoms with Gasteiger partial charge in [0.15, 0.2) is 0 Å². The third-order valence-corrected chi connectivity index (χ3v) is 11.8. The van der Waals surface area contributed by atoms with Crippen molar-refractivity contribution in [2.45, 2.75) is 114 Å². The number of aromatic hydroxyl groups is 1. The fourth-order valence-electron chi connectivity index (χ4n) is 8.76. The van der Waals surface area contributed by atoms with E-state index >= 15 is 0 Å². The molecule has 3 saturated heterocycles. The Balaban J connectivity index is 0.00000541. The maximum atomic E-state index is 12.0. The summed E-state index contributed by atoms with van der Waals surface area (Å²) >= 11 is 0. The Hall–Kier alpha value is -2.01. The van der Waals surface area contributed by atoms with Gasteiger partial charge in [-0.2, -0.15) is 0 Å². The van der Waals surface area contributed by atoms with Crippen molar-refractivity contribution in [3.8, 4) is 5.75 Å². The Kier molecular flexibility index (Phi) is 16.3. The molecular formula is C40H62BrN3O5. The average Bonchev–Trinajstić information content (AvgIpc) is 3.67. The highest BCUT2D eigenvalue weighted by atomic mass is 79.9. The van der Waals surface area contributed by atoms with Gasteiger partial charge in [-0.15, -0.1) is 0 Å². The lowest BCUT2D eigenvalue weighted by Crippen LogP contribution is -3.00. The Morgan fingerprint density at radius 1 is 0.898 bits per heavy atom. The fourth-order valence-corrected chi connectivity index (χ4v) is 8.76. The van der Waals surface area contributed by atoms with Gasteiger partial charge in [0.05, 0.1) is 38.0 Å². The van der Waals surface area contributed by atoms with Crippen LogP contribution < -0.4 is 27.6 Å². The van der Waals surface area contributed by atoms with Crippen LogP contribution in [-0.2, 0) is 15.1 Å². The monoisotopic (exact) mass is 743 g/mol. The van der Waals surface area contributed by atoms with Crippen molar-refractivity contribution >= 4 is 12.1 Å². The molecule has 6 rings (SSSR count). The number of phenolic OH excluding ortho intramolecular Hbond substituents is 1. The van der Waals surface area contributed by atoms with Crippen LogP contribution in [0.1, 0.15) is 114 Å². The number of halogens is 1. The van der Waals surface area contributed by atoms with Gasteiger partial charge >= 0.3 is 0 Å². The SMILES string of the molecule is O=CNc1cc([C@@H](O)CNCCCCCCCCCCC[N+]23CCC(CC2)[C@@H](OC[C@@](O)(c2ccccc2)C2CCCC2)C3)ccc1O.[Br-]. The van der Waals surface area contributed by atoms with E-state index in [9.17, 15) is 20.1 Å². The molecule has 0 spiro atoms. The lowest BCUT2D eigenvalue weighted by molar-refractivity contribution is -0.946. The molecule has 1 amide bonds. The van der Waals surface area contributed by atoms with Gasteiger partial charge in [-0.1, -0.05) is 87.8 Å². The molecule has 3 atom stereocenters. The second-order valence-electron chi connectivity index (χ2n) is 15.1. The number of aliphatic hydroxyl groups excluding tert-OH is 1. The van der Waals surface area contributed by atoms with Crippen molar-refractivity contribution in [1.82, 2.24) is 5.32 Å². The van der Waals surface area contributed by atoms with Crippen LogP contribution in [0.25, 0.3) is 0 Å². The molecule has 0 aromatic heterocycles. The van der Waals surface area contributed by atoms with Gasteiger partial charge in [-0.25, -0.2) is 0 Å². The zero-order chi connectivity index (χ0) is 33.7. The smallest absolute Gasteiger partial charge is 0.211 e. The van der Waals surface area contributed by atoms with Crippen molar-refractivity contribution in [2.75, 3.05) is 51.2 Å². The maximum absolute atomic E-state index is 12.0. The van der Waals surface area contributed by atoms with E-state index < -0.39 is 11.7 Å². The Labute approximate surface area is 305 Å². The van der Waals surface area contributed by atoms with E-state index in [4.69, 9.17) is 4.74 Å². The number of piperidine rings is 3. The van der Waals surface area contributed by atoms with Crippen LogP contribution in [-0.4, -0.2) is 78.2 Å². The van der Waals surface area contributed by atoms with Crippen LogP contribution in [0, 0.1) is 11.8 Å². The predicted octanol–water partition coefficient (Wildman–Crippen LogP) is 3.80.